The first-order valence-corrected chi connectivity index (χ1v) is 10.2. The van der Waals surface area contributed by atoms with Gasteiger partial charge in [-0.15, -0.1) is 0 Å². The molecule has 2 heterocycles. The maximum Gasteiger partial charge on any atom is 0.140 e. The maximum atomic E-state index is 9.67. The average Bonchev–Trinajstić information content (AvgIpc) is 3.09. The second-order valence-electron chi connectivity index (χ2n) is 7.72. The largest absolute Gasteiger partial charge is 0.391 e. The molecule has 0 spiro atoms. The molecule has 0 saturated carbocycles. The van der Waals surface area contributed by atoms with Gasteiger partial charge in [0.25, 0.3) is 0 Å². The van der Waals surface area contributed by atoms with Crippen LogP contribution in [0.5, 0.6) is 0 Å². The summed E-state index contributed by atoms with van der Waals surface area (Å²) in [5, 5.41) is 9.67. The van der Waals surface area contributed by atoms with Crippen LogP contribution in [0.25, 0.3) is 16.9 Å². The number of fused-ring (bicyclic) bond motifs is 1. The first-order chi connectivity index (χ1) is 14.2. The summed E-state index contributed by atoms with van der Waals surface area (Å²) in [7, 11) is 0. The molecule has 0 bridgehead atoms. The number of benzene rings is 2. The molecule has 4 aromatic rings. The van der Waals surface area contributed by atoms with Crippen molar-refractivity contribution in [3.8, 4) is 11.3 Å². The molecule has 1 unspecified atom stereocenters. The molecule has 0 aliphatic heterocycles. The third-order valence-corrected chi connectivity index (χ3v) is 5.45. The number of aromatic nitrogens is 2. The van der Waals surface area contributed by atoms with E-state index in [-0.39, 0.29) is 6.61 Å². The molecule has 2 N–H and O–H groups in total. The lowest BCUT2D eigenvalue weighted by atomic mass is 10.1. The zero-order valence-electron chi connectivity index (χ0n) is 17.1. The fourth-order valence-corrected chi connectivity index (χ4v) is 3.88. The monoisotopic (exact) mass is 386 g/mol. The van der Waals surface area contributed by atoms with Gasteiger partial charge in [-0.2, -0.15) is 0 Å². The zero-order valence-corrected chi connectivity index (χ0v) is 17.1. The van der Waals surface area contributed by atoms with Gasteiger partial charge < -0.3 is 10.0 Å². The highest BCUT2D eigenvalue weighted by molar-refractivity contribution is 5.68. The van der Waals surface area contributed by atoms with Crippen LogP contribution in [0.1, 0.15) is 22.4 Å². The summed E-state index contributed by atoms with van der Waals surface area (Å²) in [4.78, 5) is 6.33. The first kappa shape index (κ1) is 19.4. The molecule has 0 fully saturated rings. The normalized spacial score (nSPS) is 12.4. The van der Waals surface area contributed by atoms with Crippen molar-refractivity contribution < 1.29 is 10.0 Å². The summed E-state index contributed by atoms with van der Waals surface area (Å²) in [6.07, 6.45) is 2.10. The minimum absolute atomic E-state index is 0.164. The van der Waals surface area contributed by atoms with Crippen molar-refractivity contribution in [2.45, 2.75) is 26.9 Å². The van der Waals surface area contributed by atoms with Crippen molar-refractivity contribution in [3.05, 3.63) is 95.3 Å². The van der Waals surface area contributed by atoms with Crippen molar-refractivity contribution in [1.82, 2.24) is 9.38 Å². The fourth-order valence-electron chi connectivity index (χ4n) is 3.88. The van der Waals surface area contributed by atoms with Crippen LogP contribution in [0.4, 0.5) is 0 Å². The highest BCUT2D eigenvalue weighted by Gasteiger charge is 2.20. The molecule has 0 saturated heterocycles. The number of rotatable bonds is 7. The van der Waals surface area contributed by atoms with E-state index in [1.807, 2.05) is 6.07 Å². The molecule has 0 radical (unpaired) electrons. The Morgan fingerprint density at radius 1 is 0.897 bits per heavy atom. The van der Waals surface area contributed by atoms with Crippen molar-refractivity contribution in [3.63, 3.8) is 0 Å². The third kappa shape index (κ3) is 4.24. The van der Waals surface area contributed by atoms with Crippen LogP contribution in [0.2, 0.25) is 0 Å². The minimum atomic E-state index is 0.164. The van der Waals surface area contributed by atoms with Crippen LogP contribution in [0.3, 0.4) is 0 Å². The highest BCUT2D eigenvalue weighted by Crippen LogP contribution is 2.25. The lowest BCUT2D eigenvalue weighted by molar-refractivity contribution is -0.928. The van der Waals surface area contributed by atoms with Gasteiger partial charge in [-0.1, -0.05) is 66.2 Å². The lowest BCUT2D eigenvalue weighted by Crippen LogP contribution is -3.10. The Morgan fingerprint density at radius 2 is 1.66 bits per heavy atom. The topological polar surface area (TPSA) is 42.0 Å². The minimum Gasteiger partial charge on any atom is -0.391 e. The summed E-state index contributed by atoms with van der Waals surface area (Å²) in [5.74, 6) is 0. The van der Waals surface area contributed by atoms with Crippen LogP contribution in [0, 0.1) is 13.8 Å². The van der Waals surface area contributed by atoms with Gasteiger partial charge in [0.2, 0.25) is 0 Å². The number of hydrogen-bond acceptors (Lipinski definition) is 2. The molecular formula is C25H28N3O+. The van der Waals surface area contributed by atoms with Gasteiger partial charge >= 0.3 is 0 Å². The fraction of sp³-hybridized carbons (Fsp3) is 0.240. The van der Waals surface area contributed by atoms with E-state index in [9.17, 15) is 5.11 Å². The van der Waals surface area contributed by atoms with E-state index in [1.165, 1.54) is 27.3 Å². The van der Waals surface area contributed by atoms with Crippen LogP contribution < -0.4 is 4.90 Å². The zero-order chi connectivity index (χ0) is 20.2. The van der Waals surface area contributed by atoms with Crippen LogP contribution in [-0.4, -0.2) is 27.6 Å². The summed E-state index contributed by atoms with van der Waals surface area (Å²) in [6, 6.07) is 23.2. The molecule has 2 aromatic heterocycles. The van der Waals surface area contributed by atoms with Crippen LogP contribution in [0.15, 0.2) is 72.9 Å². The van der Waals surface area contributed by atoms with Crippen LogP contribution in [-0.2, 0) is 13.1 Å². The Kier molecular flexibility index (Phi) is 5.74. The third-order valence-electron chi connectivity index (χ3n) is 5.45. The van der Waals surface area contributed by atoms with Gasteiger partial charge in [0.15, 0.2) is 0 Å². The molecule has 0 amide bonds. The molecule has 4 rings (SSSR count). The number of nitrogens with zero attached hydrogens (tertiary/aromatic N) is 2. The molecule has 0 aliphatic carbocycles. The number of pyridine rings is 1. The molecule has 0 aliphatic rings. The number of aliphatic hydroxyl groups excluding tert-OH is 1. The Balaban J connectivity index is 1.76. The van der Waals surface area contributed by atoms with Gasteiger partial charge in [0.05, 0.1) is 12.3 Å². The van der Waals surface area contributed by atoms with E-state index < -0.39 is 0 Å². The Labute approximate surface area is 172 Å². The molecule has 148 valence electrons. The van der Waals surface area contributed by atoms with Crippen LogP contribution >= 0.6 is 0 Å². The SMILES string of the molecule is Cc1ccc(-c2nc3c(C)cccn3c2C[NH+](CCO)Cc2ccccc2)cc1. The van der Waals surface area contributed by atoms with E-state index in [0.29, 0.717) is 6.54 Å². The first-order valence-electron chi connectivity index (χ1n) is 10.2. The molecule has 2 aromatic carbocycles. The summed E-state index contributed by atoms with van der Waals surface area (Å²) < 4.78 is 2.22. The number of quaternary nitrogens is 1. The molecule has 29 heavy (non-hydrogen) atoms. The molecule has 4 nitrogen and oxygen atoms in total. The van der Waals surface area contributed by atoms with E-state index in [4.69, 9.17) is 4.98 Å². The summed E-state index contributed by atoms with van der Waals surface area (Å²) in [6.45, 7) is 6.73. The van der Waals surface area contributed by atoms with E-state index in [1.54, 1.807) is 0 Å². The molecule has 4 heteroatoms. The quantitative estimate of drug-likeness (QED) is 0.512. The van der Waals surface area contributed by atoms with Crippen molar-refractivity contribution >= 4 is 5.65 Å². The van der Waals surface area contributed by atoms with E-state index >= 15 is 0 Å². The predicted octanol–water partition coefficient (Wildman–Crippen LogP) is 3.20. The Bertz CT molecular complexity index is 1080. The van der Waals surface area contributed by atoms with E-state index in [2.05, 4.69) is 85.1 Å². The van der Waals surface area contributed by atoms with Gasteiger partial charge in [-0.25, -0.2) is 4.98 Å². The van der Waals surface area contributed by atoms with Crippen molar-refractivity contribution in [2.75, 3.05) is 13.2 Å². The Morgan fingerprint density at radius 3 is 2.38 bits per heavy atom. The number of hydrogen-bond donors (Lipinski definition) is 2. The number of imidazole rings is 1. The summed E-state index contributed by atoms with van der Waals surface area (Å²) in [5.41, 5.74) is 8.04. The Hall–Kier alpha value is -2.95. The van der Waals surface area contributed by atoms with Gasteiger partial charge in [-0.05, 0) is 25.5 Å². The number of aliphatic hydroxyl groups is 1. The second kappa shape index (κ2) is 8.60. The van der Waals surface area contributed by atoms with Gasteiger partial charge in [0.1, 0.15) is 31.0 Å². The smallest absolute Gasteiger partial charge is 0.140 e. The second-order valence-corrected chi connectivity index (χ2v) is 7.72. The molecular weight excluding hydrogens is 358 g/mol. The van der Waals surface area contributed by atoms with E-state index in [0.717, 1.165) is 30.0 Å². The lowest BCUT2D eigenvalue weighted by Gasteiger charge is -2.19. The number of aryl methyl sites for hydroxylation is 2. The van der Waals surface area contributed by atoms with Crippen molar-refractivity contribution in [1.29, 1.82) is 0 Å². The maximum absolute atomic E-state index is 9.67. The van der Waals surface area contributed by atoms with Gasteiger partial charge in [-0.3, -0.25) is 4.40 Å². The average molecular weight is 387 g/mol. The highest BCUT2D eigenvalue weighted by atomic mass is 16.3. The molecule has 1 atom stereocenters. The standard InChI is InChI=1S/C25H27N3O/c1-19-10-12-22(13-11-19)24-23(28-14-6-7-20(2)25(28)26-24)18-27(15-16-29)17-21-8-4-3-5-9-21/h3-14,29H,15-18H2,1-2H3/p+1. The van der Waals surface area contributed by atoms with Crippen molar-refractivity contribution in [2.24, 2.45) is 0 Å². The number of nitrogens with one attached hydrogen (secondary N) is 1. The van der Waals surface area contributed by atoms with Gasteiger partial charge in [0, 0.05) is 17.3 Å². The summed E-state index contributed by atoms with van der Waals surface area (Å²) >= 11 is 0. The predicted molar refractivity (Wildman–Crippen MR) is 117 cm³/mol.